The van der Waals surface area contributed by atoms with Crippen molar-refractivity contribution in [3.05, 3.63) is 65.7 Å². The van der Waals surface area contributed by atoms with Crippen LogP contribution in [0.4, 0.5) is 10.5 Å². The van der Waals surface area contributed by atoms with E-state index < -0.39 is 23.6 Å². The fourth-order valence-corrected chi connectivity index (χ4v) is 4.00. The largest absolute Gasteiger partial charge is 0.467 e. The van der Waals surface area contributed by atoms with Crippen LogP contribution >= 0.6 is 0 Å². The van der Waals surface area contributed by atoms with Crippen molar-refractivity contribution in [3.63, 3.8) is 0 Å². The lowest BCUT2D eigenvalue weighted by Crippen LogP contribution is -2.37. The van der Waals surface area contributed by atoms with Gasteiger partial charge in [0.15, 0.2) is 11.6 Å². The van der Waals surface area contributed by atoms with Crippen molar-refractivity contribution < 1.29 is 23.9 Å². The highest BCUT2D eigenvalue weighted by molar-refractivity contribution is 6.16. The van der Waals surface area contributed by atoms with E-state index in [-0.39, 0.29) is 12.5 Å². The van der Waals surface area contributed by atoms with Gasteiger partial charge in [-0.25, -0.2) is 9.59 Å². The van der Waals surface area contributed by atoms with Crippen molar-refractivity contribution in [1.82, 2.24) is 4.90 Å². The molecule has 7 nitrogen and oxygen atoms in total. The maximum Gasteiger partial charge on any atom is 0.411 e. The Morgan fingerprint density at radius 3 is 2.43 bits per heavy atom. The molecule has 0 N–H and O–H groups in total. The van der Waals surface area contributed by atoms with Crippen LogP contribution in [0.15, 0.2) is 54.6 Å². The number of fused-ring (bicyclic) bond motifs is 2. The van der Waals surface area contributed by atoms with E-state index in [1.165, 1.54) is 12.0 Å². The summed E-state index contributed by atoms with van der Waals surface area (Å²) in [5.74, 6) is -0.973. The zero-order valence-electron chi connectivity index (χ0n) is 15.6. The molecule has 2 aliphatic rings. The monoisotopic (exact) mass is 380 g/mol. The molecular weight excluding hydrogens is 360 g/mol. The first-order valence-electron chi connectivity index (χ1n) is 9.06. The average Bonchev–Trinajstić information content (AvgIpc) is 3.37. The molecule has 1 fully saturated rings. The van der Waals surface area contributed by atoms with Gasteiger partial charge in [-0.05, 0) is 18.6 Å². The molecule has 2 amide bonds. The lowest BCUT2D eigenvalue weighted by molar-refractivity contribution is -0.141. The van der Waals surface area contributed by atoms with Crippen LogP contribution in [-0.2, 0) is 31.1 Å². The first kappa shape index (κ1) is 18.0. The molecule has 0 aliphatic carbocycles. The third-order valence-corrected chi connectivity index (χ3v) is 5.22. The molecule has 144 valence electrons. The molecule has 0 saturated carbocycles. The number of anilines is 1. The molecule has 4 rings (SSSR count). The number of esters is 1. The quantitative estimate of drug-likeness (QED) is 0.602. The normalized spacial score (nSPS) is 22.2. The number of rotatable bonds is 4. The zero-order chi connectivity index (χ0) is 19.9. The fourth-order valence-electron chi connectivity index (χ4n) is 4.00. The number of para-hydroxylation sites is 1. The van der Waals surface area contributed by atoms with Crippen LogP contribution in [0.25, 0.3) is 0 Å². The molecule has 0 bridgehead atoms. The van der Waals surface area contributed by atoms with Crippen LogP contribution in [0.3, 0.4) is 0 Å². The van der Waals surface area contributed by atoms with Crippen molar-refractivity contribution >= 4 is 23.7 Å². The highest BCUT2D eigenvalue weighted by atomic mass is 16.6. The molecular formula is C21H20N2O5. The molecule has 2 atom stereocenters. The summed E-state index contributed by atoms with van der Waals surface area (Å²) in [5.41, 5.74) is 0.821. The number of ether oxygens (including phenoxy) is 2. The van der Waals surface area contributed by atoms with Crippen LogP contribution in [0.1, 0.15) is 18.1 Å². The van der Waals surface area contributed by atoms with E-state index >= 15 is 0 Å². The Kier molecular flexibility index (Phi) is 4.30. The van der Waals surface area contributed by atoms with Crippen molar-refractivity contribution in [1.29, 1.82) is 0 Å². The van der Waals surface area contributed by atoms with Gasteiger partial charge in [0.25, 0.3) is 5.91 Å². The molecule has 2 aromatic rings. The van der Waals surface area contributed by atoms with Gasteiger partial charge in [0.05, 0.1) is 25.9 Å². The van der Waals surface area contributed by atoms with Gasteiger partial charge in [0.2, 0.25) is 0 Å². The molecule has 28 heavy (non-hydrogen) atoms. The summed E-state index contributed by atoms with van der Waals surface area (Å²) in [6, 6.07) is 15.7. The van der Waals surface area contributed by atoms with Crippen molar-refractivity contribution in [2.75, 3.05) is 18.6 Å². The van der Waals surface area contributed by atoms with Gasteiger partial charge in [0.1, 0.15) is 0 Å². The lowest BCUT2D eigenvalue weighted by atomic mass is 9.96. The summed E-state index contributed by atoms with van der Waals surface area (Å²) in [7, 11) is 1.24. The van der Waals surface area contributed by atoms with Gasteiger partial charge in [-0.1, -0.05) is 48.5 Å². The Bertz CT molecular complexity index is 945. The van der Waals surface area contributed by atoms with E-state index in [0.29, 0.717) is 17.8 Å². The smallest absolute Gasteiger partial charge is 0.411 e. The standard InChI is InChI=1S/C21H20N2O5/c1-3-28-20(26)23-17(18(24)27-2)21(23)15-11-7-8-12-16(15)22(19(21)25)13-14-9-5-4-6-10-14/h4-12,17H,3,13H2,1-2H3. The number of methoxy groups -OCH3 is 1. The van der Waals surface area contributed by atoms with Crippen LogP contribution in [0.5, 0.6) is 0 Å². The molecule has 2 unspecified atom stereocenters. The molecule has 7 heteroatoms. The summed E-state index contributed by atoms with van der Waals surface area (Å²) in [4.78, 5) is 41.3. The topological polar surface area (TPSA) is 75.9 Å². The third kappa shape index (κ3) is 2.39. The van der Waals surface area contributed by atoms with E-state index in [0.717, 1.165) is 5.56 Å². The SMILES string of the molecule is CCOC(=O)N1C(C(=O)OC)C12C(=O)N(Cc1ccccc1)c1ccccc12. The van der Waals surface area contributed by atoms with Gasteiger partial charge < -0.3 is 14.4 Å². The average molecular weight is 380 g/mol. The van der Waals surface area contributed by atoms with E-state index in [1.54, 1.807) is 24.0 Å². The maximum atomic E-state index is 13.6. The van der Waals surface area contributed by atoms with Gasteiger partial charge in [-0.3, -0.25) is 9.69 Å². The second-order valence-electron chi connectivity index (χ2n) is 6.66. The molecule has 1 saturated heterocycles. The van der Waals surface area contributed by atoms with E-state index in [2.05, 4.69) is 0 Å². The van der Waals surface area contributed by atoms with Crippen molar-refractivity contribution in [2.24, 2.45) is 0 Å². The Morgan fingerprint density at radius 1 is 1.07 bits per heavy atom. The lowest BCUT2D eigenvalue weighted by Gasteiger charge is -2.18. The highest BCUT2D eigenvalue weighted by Crippen LogP contribution is 2.59. The number of hydrogen-bond donors (Lipinski definition) is 0. The fraction of sp³-hybridized carbons (Fsp3) is 0.286. The molecule has 2 heterocycles. The number of carbonyl (C=O) groups excluding carboxylic acids is 3. The van der Waals surface area contributed by atoms with E-state index in [9.17, 15) is 14.4 Å². The van der Waals surface area contributed by atoms with Crippen molar-refractivity contribution in [3.8, 4) is 0 Å². The number of benzene rings is 2. The highest BCUT2D eigenvalue weighted by Gasteiger charge is 2.79. The first-order chi connectivity index (χ1) is 13.6. The Morgan fingerprint density at radius 2 is 1.75 bits per heavy atom. The van der Waals surface area contributed by atoms with E-state index in [1.807, 2.05) is 42.5 Å². The first-order valence-corrected chi connectivity index (χ1v) is 9.06. The number of carbonyl (C=O) groups is 3. The van der Waals surface area contributed by atoms with Crippen LogP contribution < -0.4 is 4.90 Å². The van der Waals surface area contributed by atoms with Gasteiger partial charge in [0, 0.05) is 5.56 Å². The third-order valence-electron chi connectivity index (χ3n) is 5.22. The number of amides is 2. The van der Waals surface area contributed by atoms with Gasteiger partial charge in [-0.2, -0.15) is 0 Å². The summed E-state index contributed by atoms with van der Waals surface area (Å²) in [5, 5.41) is 0. The summed E-state index contributed by atoms with van der Waals surface area (Å²) < 4.78 is 9.98. The predicted octanol–water partition coefficient (Wildman–Crippen LogP) is 2.44. The summed E-state index contributed by atoms with van der Waals surface area (Å²) in [6.45, 7) is 2.15. The Hall–Kier alpha value is -3.35. The minimum atomic E-state index is -1.41. The predicted molar refractivity (Wildman–Crippen MR) is 100 cm³/mol. The molecule has 1 spiro atoms. The van der Waals surface area contributed by atoms with Crippen LogP contribution in [0, 0.1) is 0 Å². The maximum absolute atomic E-state index is 13.6. The van der Waals surface area contributed by atoms with Crippen LogP contribution in [0.2, 0.25) is 0 Å². The molecule has 0 radical (unpaired) electrons. The van der Waals surface area contributed by atoms with Gasteiger partial charge >= 0.3 is 12.1 Å². The molecule has 2 aromatic carbocycles. The van der Waals surface area contributed by atoms with E-state index in [4.69, 9.17) is 9.47 Å². The Labute approximate surface area is 162 Å². The second-order valence-corrected chi connectivity index (χ2v) is 6.66. The molecule has 0 aromatic heterocycles. The zero-order valence-corrected chi connectivity index (χ0v) is 15.6. The Balaban J connectivity index is 1.80. The number of nitrogens with zero attached hydrogens (tertiary/aromatic N) is 2. The summed E-state index contributed by atoms with van der Waals surface area (Å²) >= 11 is 0. The van der Waals surface area contributed by atoms with Gasteiger partial charge in [-0.15, -0.1) is 0 Å². The minimum absolute atomic E-state index is 0.142. The number of hydrogen-bond acceptors (Lipinski definition) is 5. The summed E-state index contributed by atoms with van der Waals surface area (Å²) in [6.07, 6.45) is -0.706. The second kappa shape index (κ2) is 6.67. The van der Waals surface area contributed by atoms with Crippen LogP contribution in [-0.4, -0.2) is 42.6 Å². The minimum Gasteiger partial charge on any atom is -0.467 e. The van der Waals surface area contributed by atoms with Crippen molar-refractivity contribution in [2.45, 2.75) is 25.0 Å². The molecule has 2 aliphatic heterocycles.